The molecule has 0 aromatic heterocycles. The van der Waals surface area contributed by atoms with Gasteiger partial charge in [0.2, 0.25) is 5.91 Å². The summed E-state index contributed by atoms with van der Waals surface area (Å²) < 4.78 is 80.9. The van der Waals surface area contributed by atoms with E-state index in [4.69, 9.17) is 9.47 Å². The van der Waals surface area contributed by atoms with Crippen molar-refractivity contribution in [3.63, 3.8) is 0 Å². The van der Waals surface area contributed by atoms with E-state index >= 15 is 4.39 Å². The summed E-state index contributed by atoms with van der Waals surface area (Å²) in [5, 5.41) is 10.2. The second-order valence-corrected chi connectivity index (χ2v) is 10.7. The average molecular weight is 605 g/mol. The van der Waals surface area contributed by atoms with Crippen molar-refractivity contribution < 1.29 is 46.1 Å². The number of methoxy groups -OCH3 is 1. The average Bonchev–Trinajstić information content (AvgIpc) is 2.98. The summed E-state index contributed by atoms with van der Waals surface area (Å²) in [4.78, 5) is 28.0. The van der Waals surface area contributed by atoms with Gasteiger partial charge in [0.25, 0.3) is 0 Å². The lowest BCUT2D eigenvalue weighted by Gasteiger charge is -2.40. The van der Waals surface area contributed by atoms with Crippen molar-refractivity contribution in [2.24, 2.45) is 5.41 Å². The molecule has 0 saturated carbocycles. The maximum atomic E-state index is 15.2. The van der Waals surface area contributed by atoms with Crippen molar-refractivity contribution in [1.29, 1.82) is 0 Å². The van der Waals surface area contributed by atoms with Crippen molar-refractivity contribution in [2.75, 3.05) is 36.6 Å². The van der Waals surface area contributed by atoms with Crippen LogP contribution in [0.5, 0.6) is 11.5 Å². The Balaban J connectivity index is 1.35. The lowest BCUT2D eigenvalue weighted by molar-refractivity contribution is -0.152. The third-order valence-electron chi connectivity index (χ3n) is 8.13. The number of carboxylic acid groups (broad SMARTS) is 1. The van der Waals surface area contributed by atoms with Crippen molar-refractivity contribution >= 4 is 23.3 Å². The van der Waals surface area contributed by atoms with Crippen molar-refractivity contribution in [3.05, 3.63) is 82.9 Å². The maximum Gasteiger partial charge on any atom is 0.418 e. The van der Waals surface area contributed by atoms with E-state index in [-0.39, 0.29) is 75.0 Å². The van der Waals surface area contributed by atoms with E-state index in [1.165, 1.54) is 23.0 Å². The summed E-state index contributed by atoms with van der Waals surface area (Å²) >= 11 is 0. The van der Waals surface area contributed by atoms with Crippen molar-refractivity contribution in [2.45, 2.75) is 38.4 Å². The molecular formula is C31H29F5N2O5. The first kappa shape index (κ1) is 30.1. The third-order valence-corrected chi connectivity index (χ3v) is 8.13. The van der Waals surface area contributed by atoms with E-state index < -0.39 is 34.8 Å². The monoisotopic (exact) mass is 604 g/mol. The Labute approximate surface area is 244 Å². The molecule has 7 nitrogen and oxygen atoms in total. The smallest absolute Gasteiger partial charge is 0.418 e. The molecular weight excluding hydrogens is 575 g/mol. The van der Waals surface area contributed by atoms with E-state index in [0.717, 1.165) is 23.8 Å². The second-order valence-electron chi connectivity index (χ2n) is 10.7. The van der Waals surface area contributed by atoms with Crippen LogP contribution in [0.4, 0.5) is 33.3 Å². The minimum atomic E-state index is -4.71. The predicted octanol–water partition coefficient (Wildman–Crippen LogP) is 6.22. The van der Waals surface area contributed by atoms with Gasteiger partial charge in [-0.3, -0.25) is 9.59 Å². The quantitative estimate of drug-likeness (QED) is 0.308. The molecule has 0 bridgehead atoms. The molecule has 1 fully saturated rings. The number of carboxylic acids is 1. The maximum absolute atomic E-state index is 15.2. The van der Waals surface area contributed by atoms with E-state index in [1.54, 1.807) is 24.3 Å². The van der Waals surface area contributed by atoms with Crippen LogP contribution in [0.3, 0.4) is 0 Å². The number of halogens is 5. The minimum absolute atomic E-state index is 0.0644. The van der Waals surface area contributed by atoms with Gasteiger partial charge in [-0.2, -0.15) is 13.2 Å². The molecule has 0 radical (unpaired) electrons. The number of carbonyl (C=O) groups excluding carboxylic acids is 1. The van der Waals surface area contributed by atoms with Crippen LogP contribution < -0.4 is 19.3 Å². The van der Waals surface area contributed by atoms with Crippen molar-refractivity contribution in [3.8, 4) is 11.5 Å². The summed E-state index contributed by atoms with van der Waals surface area (Å²) in [5.41, 5.74) is -1.55. The number of hydrogen-bond acceptors (Lipinski definition) is 5. The van der Waals surface area contributed by atoms with Crippen LogP contribution in [0, 0.1) is 17.0 Å². The zero-order valence-corrected chi connectivity index (χ0v) is 23.2. The highest BCUT2D eigenvalue weighted by molar-refractivity contribution is 5.97. The van der Waals surface area contributed by atoms with Gasteiger partial charge >= 0.3 is 12.1 Å². The molecule has 43 heavy (non-hydrogen) atoms. The Bertz CT molecular complexity index is 1520. The second kappa shape index (κ2) is 11.7. The number of nitrogens with zero attached hydrogens (tertiary/aromatic N) is 2. The van der Waals surface area contributed by atoms with Gasteiger partial charge in [0.15, 0.2) is 0 Å². The fourth-order valence-electron chi connectivity index (χ4n) is 5.65. The van der Waals surface area contributed by atoms with E-state index in [2.05, 4.69) is 0 Å². The van der Waals surface area contributed by atoms with Gasteiger partial charge in [-0.25, -0.2) is 8.78 Å². The van der Waals surface area contributed by atoms with Gasteiger partial charge in [0, 0.05) is 25.1 Å². The number of rotatable bonds is 8. The standard InChI is InChI=1S/C31H29F5N2O5/c1-42-21-5-2-19(3-6-21)17-38-27(39)11-7-22-26(10-9-24(33)28(22)38)43-18-30(29(40)41)12-14-37(15-13-30)25-16-20(32)4-8-23(25)31(34,35)36/h2-6,8-10,16H,7,11-15,17-18H2,1H3,(H,40,41). The number of anilines is 2. The fraction of sp³-hybridized carbons (Fsp3) is 0.355. The van der Waals surface area contributed by atoms with E-state index in [1.807, 2.05) is 0 Å². The number of carbonyl (C=O) groups is 2. The summed E-state index contributed by atoms with van der Waals surface area (Å²) in [6, 6.07) is 11.8. The van der Waals surface area contributed by atoms with E-state index in [9.17, 15) is 32.3 Å². The first-order chi connectivity index (χ1) is 20.4. The Kier molecular flexibility index (Phi) is 8.22. The molecule has 1 amide bonds. The first-order valence-electron chi connectivity index (χ1n) is 13.6. The van der Waals surface area contributed by atoms with Crippen LogP contribution in [0.2, 0.25) is 0 Å². The summed E-state index contributed by atoms with van der Waals surface area (Å²) in [6.45, 7) is -0.372. The largest absolute Gasteiger partial charge is 0.497 e. The molecule has 2 aliphatic rings. The third kappa shape index (κ3) is 6.09. The topological polar surface area (TPSA) is 79.3 Å². The zero-order chi connectivity index (χ0) is 30.9. The number of piperidine rings is 1. The molecule has 0 spiro atoms. The normalized spacial score (nSPS) is 16.6. The lowest BCUT2D eigenvalue weighted by atomic mass is 9.79. The number of amides is 1. The molecule has 0 atom stereocenters. The van der Waals surface area contributed by atoms with Crippen LogP contribution in [0.15, 0.2) is 54.6 Å². The van der Waals surface area contributed by atoms with Crippen LogP contribution in [0.25, 0.3) is 0 Å². The van der Waals surface area contributed by atoms with Crippen LogP contribution in [-0.2, 0) is 28.7 Å². The molecule has 12 heteroatoms. The number of alkyl halides is 3. The number of hydrogen-bond donors (Lipinski definition) is 1. The highest BCUT2D eigenvalue weighted by atomic mass is 19.4. The Hall–Kier alpha value is -4.35. The zero-order valence-electron chi connectivity index (χ0n) is 23.2. The SMILES string of the molecule is COc1ccc(CN2C(=O)CCc3c(OCC4(C(=O)O)CCN(c5cc(F)ccc5C(F)(F)F)CC4)ccc(F)c32)cc1. The fourth-order valence-corrected chi connectivity index (χ4v) is 5.65. The Morgan fingerprint density at radius 1 is 1.00 bits per heavy atom. The molecule has 0 unspecified atom stereocenters. The number of fused-ring (bicyclic) bond motifs is 1. The first-order valence-corrected chi connectivity index (χ1v) is 13.6. The molecule has 5 rings (SSSR count). The van der Waals surface area contributed by atoms with Crippen LogP contribution in [0.1, 0.15) is 36.0 Å². The molecule has 1 saturated heterocycles. The molecule has 1 N–H and O–H groups in total. The molecule has 3 aromatic rings. The summed E-state index contributed by atoms with van der Waals surface area (Å²) in [6.07, 6.45) is -4.56. The molecule has 3 aromatic carbocycles. The number of aliphatic carboxylic acids is 1. The molecule has 228 valence electrons. The van der Waals surface area contributed by atoms with Crippen molar-refractivity contribution in [1.82, 2.24) is 0 Å². The summed E-state index contributed by atoms with van der Waals surface area (Å²) in [7, 11) is 1.53. The minimum Gasteiger partial charge on any atom is -0.497 e. The highest BCUT2D eigenvalue weighted by Crippen LogP contribution is 2.42. The van der Waals surface area contributed by atoms with Gasteiger partial charge in [-0.05, 0) is 67.3 Å². The highest BCUT2D eigenvalue weighted by Gasteiger charge is 2.44. The Morgan fingerprint density at radius 3 is 2.33 bits per heavy atom. The van der Waals surface area contributed by atoms with E-state index in [0.29, 0.717) is 17.4 Å². The Morgan fingerprint density at radius 2 is 1.70 bits per heavy atom. The molecule has 2 heterocycles. The lowest BCUT2D eigenvalue weighted by Crippen LogP contribution is -2.48. The van der Waals surface area contributed by atoms with Crippen LogP contribution in [-0.4, -0.2) is 43.8 Å². The number of benzene rings is 3. The number of ether oxygens (including phenoxy) is 2. The van der Waals surface area contributed by atoms with Gasteiger partial charge < -0.3 is 24.4 Å². The molecule has 0 aliphatic carbocycles. The van der Waals surface area contributed by atoms with Gasteiger partial charge in [0.1, 0.15) is 35.2 Å². The van der Waals surface area contributed by atoms with Gasteiger partial charge in [-0.15, -0.1) is 0 Å². The predicted molar refractivity (Wildman–Crippen MR) is 147 cm³/mol. The molecule has 2 aliphatic heterocycles. The van der Waals surface area contributed by atoms with Crippen LogP contribution >= 0.6 is 0 Å². The van der Waals surface area contributed by atoms with Gasteiger partial charge in [-0.1, -0.05) is 12.1 Å². The summed E-state index contributed by atoms with van der Waals surface area (Å²) in [5.74, 6) is -2.05. The van der Waals surface area contributed by atoms with Gasteiger partial charge in [0.05, 0.1) is 30.6 Å².